The fraction of sp³-hybridized carbons (Fsp3) is 0.400. The molecule has 1 amide bonds. The molecule has 0 radical (unpaired) electrons. The molecule has 218 valence electrons. The van der Waals surface area contributed by atoms with Crippen LogP contribution >= 0.6 is 12.2 Å². The van der Waals surface area contributed by atoms with E-state index in [1.54, 1.807) is 42.5 Å². The summed E-state index contributed by atoms with van der Waals surface area (Å²) < 4.78 is 42.9. The molecule has 7 nitrogen and oxygen atoms in total. The molecule has 0 unspecified atom stereocenters. The van der Waals surface area contributed by atoms with E-state index in [2.05, 4.69) is 28.6 Å². The standard InChI is InChI=1S/C30H35F3N6OS/c1-3-4-7-14-36-29(41)38(20-25-8-5-6-9-27(25)30(31,32)33)18-22(2)37-28(40)15-26-17-35-21-39(26)19-24-12-10-23(16-34)11-13-24/h5-6,8-13,17,21-22H,3-4,7,14-15,18-20H2,1-2H3,(H,36,41)(H,37,40)/t22-/m0/s1. The third-order valence-electron chi connectivity index (χ3n) is 6.51. The lowest BCUT2D eigenvalue weighted by atomic mass is 10.1. The van der Waals surface area contributed by atoms with Crippen molar-refractivity contribution in [2.45, 2.75) is 64.8 Å². The van der Waals surface area contributed by atoms with Crippen molar-refractivity contribution in [3.8, 4) is 6.07 Å². The normalized spacial score (nSPS) is 11.9. The minimum Gasteiger partial charge on any atom is -0.363 e. The Kier molecular flexibility index (Phi) is 11.7. The van der Waals surface area contributed by atoms with Crippen LogP contribution in [0.1, 0.15) is 61.1 Å². The van der Waals surface area contributed by atoms with Crippen LogP contribution in [0.15, 0.2) is 61.1 Å². The molecule has 0 saturated carbocycles. The van der Waals surface area contributed by atoms with Gasteiger partial charge < -0.3 is 20.1 Å². The van der Waals surface area contributed by atoms with Crippen LogP contribution in [0.2, 0.25) is 0 Å². The van der Waals surface area contributed by atoms with E-state index in [4.69, 9.17) is 17.5 Å². The zero-order valence-corrected chi connectivity index (χ0v) is 24.1. The average Bonchev–Trinajstić information content (AvgIpc) is 3.36. The van der Waals surface area contributed by atoms with Crippen LogP contribution in [0, 0.1) is 11.3 Å². The van der Waals surface area contributed by atoms with Gasteiger partial charge in [0.2, 0.25) is 5.91 Å². The molecule has 1 aromatic heterocycles. The summed E-state index contributed by atoms with van der Waals surface area (Å²) in [4.78, 5) is 18.8. The Morgan fingerprint density at radius 3 is 2.59 bits per heavy atom. The van der Waals surface area contributed by atoms with Gasteiger partial charge in [0.05, 0.1) is 29.9 Å². The number of hydrogen-bond donors (Lipinski definition) is 2. The Labute approximate surface area is 244 Å². The number of carbonyl (C=O) groups is 1. The van der Waals surface area contributed by atoms with Crippen LogP contribution in [0.3, 0.4) is 0 Å². The number of benzene rings is 2. The molecule has 0 fully saturated rings. The quantitative estimate of drug-likeness (QED) is 0.206. The van der Waals surface area contributed by atoms with E-state index in [0.717, 1.165) is 30.9 Å². The predicted octanol–water partition coefficient (Wildman–Crippen LogP) is 5.44. The van der Waals surface area contributed by atoms with E-state index in [9.17, 15) is 18.0 Å². The van der Waals surface area contributed by atoms with E-state index < -0.39 is 17.8 Å². The van der Waals surface area contributed by atoms with Crippen molar-refractivity contribution in [1.82, 2.24) is 25.1 Å². The van der Waals surface area contributed by atoms with Crippen LogP contribution < -0.4 is 10.6 Å². The Bertz CT molecular complexity index is 1330. The Morgan fingerprint density at radius 2 is 1.90 bits per heavy atom. The Hall–Kier alpha value is -3.91. The second kappa shape index (κ2) is 15.2. The van der Waals surface area contributed by atoms with Gasteiger partial charge in [-0.3, -0.25) is 4.79 Å². The lowest BCUT2D eigenvalue weighted by Crippen LogP contribution is -2.48. The number of amides is 1. The van der Waals surface area contributed by atoms with Gasteiger partial charge in [0.1, 0.15) is 0 Å². The van der Waals surface area contributed by atoms with E-state index in [0.29, 0.717) is 29.5 Å². The SMILES string of the molecule is CCCCCNC(=S)N(Cc1ccccc1C(F)(F)F)C[C@H](C)NC(=O)Cc1cncn1Cc1ccc(C#N)cc1. The van der Waals surface area contributed by atoms with Crippen LogP contribution in [-0.2, 0) is 30.5 Å². The zero-order valence-electron chi connectivity index (χ0n) is 23.2. The number of imidazole rings is 1. The van der Waals surface area contributed by atoms with Crippen LogP contribution in [-0.4, -0.2) is 44.6 Å². The molecule has 0 aliphatic rings. The van der Waals surface area contributed by atoms with Crippen molar-refractivity contribution >= 4 is 23.2 Å². The number of alkyl halides is 3. The van der Waals surface area contributed by atoms with Crippen molar-refractivity contribution in [3.05, 3.63) is 89.0 Å². The van der Waals surface area contributed by atoms with Crippen molar-refractivity contribution in [1.29, 1.82) is 5.26 Å². The van der Waals surface area contributed by atoms with Gasteiger partial charge in [-0.25, -0.2) is 4.98 Å². The van der Waals surface area contributed by atoms with E-state index in [1.807, 2.05) is 16.7 Å². The van der Waals surface area contributed by atoms with Crippen molar-refractivity contribution in [3.63, 3.8) is 0 Å². The molecular weight excluding hydrogens is 549 g/mol. The number of nitrogens with zero attached hydrogens (tertiary/aromatic N) is 4. The van der Waals surface area contributed by atoms with Crippen LogP contribution in [0.5, 0.6) is 0 Å². The summed E-state index contributed by atoms with van der Waals surface area (Å²) >= 11 is 5.57. The van der Waals surface area contributed by atoms with E-state index in [1.165, 1.54) is 12.1 Å². The first-order valence-corrected chi connectivity index (χ1v) is 14.0. The number of halogens is 3. The number of aromatic nitrogens is 2. The summed E-state index contributed by atoms with van der Waals surface area (Å²) in [6.45, 7) is 5.18. The second-order valence-electron chi connectivity index (χ2n) is 9.94. The molecule has 2 aromatic carbocycles. The number of nitrogens with one attached hydrogen (secondary N) is 2. The molecule has 11 heteroatoms. The number of rotatable bonds is 13. The third-order valence-corrected chi connectivity index (χ3v) is 6.91. The maximum atomic E-state index is 13.7. The highest BCUT2D eigenvalue weighted by molar-refractivity contribution is 7.80. The Balaban J connectivity index is 1.65. The summed E-state index contributed by atoms with van der Waals surface area (Å²) in [7, 11) is 0. The third kappa shape index (κ3) is 9.90. The number of nitriles is 1. The molecule has 0 saturated heterocycles. The van der Waals surface area contributed by atoms with E-state index >= 15 is 0 Å². The molecule has 2 N–H and O–H groups in total. The largest absolute Gasteiger partial charge is 0.416 e. The van der Waals surface area contributed by atoms with Crippen LogP contribution in [0.4, 0.5) is 13.2 Å². The fourth-order valence-corrected chi connectivity index (χ4v) is 4.67. The van der Waals surface area contributed by atoms with Gasteiger partial charge in [-0.1, -0.05) is 50.1 Å². The van der Waals surface area contributed by atoms with Gasteiger partial charge >= 0.3 is 6.18 Å². The average molecular weight is 585 g/mol. The number of thiocarbonyl (C=S) groups is 1. The highest BCUT2D eigenvalue weighted by Crippen LogP contribution is 2.32. The number of hydrogen-bond acceptors (Lipinski definition) is 4. The molecule has 0 aliphatic heterocycles. The van der Waals surface area contributed by atoms with Crippen molar-refractivity contribution in [2.75, 3.05) is 13.1 Å². The highest BCUT2D eigenvalue weighted by atomic mass is 32.1. The van der Waals surface area contributed by atoms with Crippen molar-refractivity contribution in [2.24, 2.45) is 0 Å². The van der Waals surface area contributed by atoms with Gasteiger partial charge in [-0.2, -0.15) is 18.4 Å². The lowest BCUT2D eigenvalue weighted by molar-refractivity contribution is -0.138. The van der Waals surface area contributed by atoms with Gasteiger partial charge in [-0.05, 0) is 54.9 Å². The summed E-state index contributed by atoms with van der Waals surface area (Å²) in [5.41, 5.74) is 1.66. The fourth-order valence-electron chi connectivity index (χ4n) is 4.43. The number of unbranched alkanes of at least 4 members (excludes halogenated alkanes) is 2. The van der Waals surface area contributed by atoms with Gasteiger partial charge in [-0.15, -0.1) is 0 Å². The molecule has 3 rings (SSSR count). The summed E-state index contributed by atoms with van der Waals surface area (Å²) in [6.07, 6.45) is 1.81. The number of carbonyl (C=O) groups excluding carboxylic acids is 1. The van der Waals surface area contributed by atoms with Gasteiger partial charge in [0.25, 0.3) is 0 Å². The van der Waals surface area contributed by atoms with Crippen molar-refractivity contribution < 1.29 is 18.0 Å². The molecule has 3 aromatic rings. The van der Waals surface area contributed by atoms with Gasteiger partial charge in [0.15, 0.2) is 5.11 Å². The smallest absolute Gasteiger partial charge is 0.363 e. The highest BCUT2D eigenvalue weighted by Gasteiger charge is 2.33. The molecule has 1 atom stereocenters. The predicted molar refractivity (Wildman–Crippen MR) is 156 cm³/mol. The summed E-state index contributed by atoms with van der Waals surface area (Å²) in [5.74, 6) is -0.239. The maximum Gasteiger partial charge on any atom is 0.416 e. The molecule has 41 heavy (non-hydrogen) atoms. The monoisotopic (exact) mass is 584 g/mol. The molecule has 0 bridgehead atoms. The molecular formula is C30H35F3N6OS. The van der Waals surface area contributed by atoms with E-state index in [-0.39, 0.29) is 31.0 Å². The van der Waals surface area contributed by atoms with Gasteiger partial charge in [0, 0.05) is 44.1 Å². The molecule has 0 spiro atoms. The summed E-state index contributed by atoms with van der Waals surface area (Å²) in [5, 5.41) is 15.5. The molecule has 1 heterocycles. The maximum absolute atomic E-state index is 13.7. The van der Waals surface area contributed by atoms with Crippen LogP contribution in [0.25, 0.3) is 0 Å². The first-order chi connectivity index (χ1) is 19.6. The first kappa shape index (κ1) is 31.6. The molecule has 0 aliphatic carbocycles. The lowest BCUT2D eigenvalue weighted by Gasteiger charge is -2.30. The minimum absolute atomic E-state index is 0.0487. The zero-order chi connectivity index (χ0) is 29.8. The first-order valence-electron chi connectivity index (χ1n) is 13.6. The summed E-state index contributed by atoms with van der Waals surface area (Å²) in [6, 6.07) is 14.3. The minimum atomic E-state index is -4.49. The topological polar surface area (TPSA) is 86.0 Å². The second-order valence-corrected chi connectivity index (χ2v) is 10.3. The Morgan fingerprint density at radius 1 is 1.17 bits per heavy atom.